The van der Waals surface area contributed by atoms with E-state index >= 15 is 0 Å². The summed E-state index contributed by atoms with van der Waals surface area (Å²) in [4.78, 5) is 28.5. The molecule has 1 saturated heterocycles. The molecule has 2 aromatic rings. The minimum absolute atomic E-state index is 0.0102. The van der Waals surface area contributed by atoms with Crippen molar-refractivity contribution < 1.29 is 42.1 Å². The molecule has 196 valence electrons. The molecule has 1 aliphatic carbocycles. The van der Waals surface area contributed by atoms with Gasteiger partial charge >= 0.3 is 6.29 Å². The number of nitrogens with one attached hydrogen (secondary N) is 1. The van der Waals surface area contributed by atoms with Crippen LogP contribution in [0.4, 0.5) is 8.78 Å². The summed E-state index contributed by atoms with van der Waals surface area (Å²) in [5, 5.41) is 3.10. The van der Waals surface area contributed by atoms with E-state index in [4.69, 9.17) is 14.2 Å². The number of rotatable bonds is 6. The van der Waals surface area contributed by atoms with Crippen LogP contribution in [-0.2, 0) is 19.7 Å². The highest BCUT2D eigenvalue weighted by molar-refractivity contribution is 5.92. The Morgan fingerprint density at radius 1 is 1.05 bits per heavy atom. The Morgan fingerprint density at radius 2 is 1.81 bits per heavy atom. The number of nitrogens with zero attached hydrogens (tertiary/aromatic N) is 1. The van der Waals surface area contributed by atoms with Gasteiger partial charge in [-0.25, -0.2) is 0 Å². The summed E-state index contributed by atoms with van der Waals surface area (Å²) in [6, 6.07) is 9.21. The topological polar surface area (TPSA) is 95.6 Å². The van der Waals surface area contributed by atoms with E-state index < -0.39 is 23.9 Å². The zero-order valence-electron chi connectivity index (χ0n) is 20.3. The molecule has 1 saturated carbocycles. The first-order chi connectivity index (χ1) is 17.7. The first-order valence-electron chi connectivity index (χ1n) is 12.1. The third-order valence-electron chi connectivity index (χ3n) is 7.55. The van der Waals surface area contributed by atoms with Crippen molar-refractivity contribution in [1.29, 1.82) is 0 Å². The third-order valence-corrected chi connectivity index (χ3v) is 7.55. The van der Waals surface area contributed by atoms with Gasteiger partial charge in [-0.1, -0.05) is 6.07 Å². The van der Waals surface area contributed by atoms with Crippen molar-refractivity contribution in [3.63, 3.8) is 0 Å². The lowest BCUT2D eigenvalue weighted by atomic mass is 9.91. The van der Waals surface area contributed by atoms with Crippen molar-refractivity contribution in [2.75, 3.05) is 27.4 Å². The highest BCUT2D eigenvalue weighted by Crippen LogP contribution is 2.52. The lowest BCUT2D eigenvalue weighted by molar-refractivity contribution is -0.286. The smallest absolute Gasteiger partial charge is 0.497 e. The van der Waals surface area contributed by atoms with Gasteiger partial charge in [0.15, 0.2) is 17.6 Å². The maximum absolute atomic E-state index is 13.6. The van der Waals surface area contributed by atoms with Gasteiger partial charge in [0.2, 0.25) is 5.91 Å². The first-order valence-corrected chi connectivity index (χ1v) is 12.1. The van der Waals surface area contributed by atoms with Crippen molar-refractivity contribution >= 4 is 11.8 Å². The zero-order chi connectivity index (χ0) is 25.9. The van der Waals surface area contributed by atoms with Crippen LogP contribution in [0.2, 0.25) is 0 Å². The average Bonchev–Trinajstić information content (AvgIpc) is 3.59. The molecule has 1 N–H and O–H groups in total. The fourth-order valence-electron chi connectivity index (χ4n) is 5.03. The van der Waals surface area contributed by atoms with Crippen molar-refractivity contribution in [2.45, 2.75) is 49.2 Å². The molecule has 3 aliphatic heterocycles. The number of fused-ring (bicyclic) bond motifs is 2. The Morgan fingerprint density at radius 3 is 2.49 bits per heavy atom. The number of hydrogen-bond acceptors (Lipinski definition) is 7. The van der Waals surface area contributed by atoms with E-state index in [1.54, 1.807) is 30.1 Å². The van der Waals surface area contributed by atoms with Gasteiger partial charge in [-0.2, -0.15) is 0 Å². The summed E-state index contributed by atoms with van der Waals surface area (Å²) in [6.45, 7) is 0.951. The van der Waals surface area contributed by atoms with Gasteiger partial charge in [-0.3, -0.25) is 9.59 Å². The molecule has 0 radical (unpaired) electrons. The van der Waals surface area contributed by atoms with E-state index in [9.17, 15) is 18.4 Å². The van der Waals surface area contributed by atoms with Crippen LogP contribution >= 0.6 is 0 Å². The minimum Gasteiger partial charge on any atom is -0.497 e. The van der Waals surface area contributed by atoms with Crippen LogP contribution in [0.15, 0.2) is 36.4 Å². The summed E-state index contributed by atoms with van der Waals surface area (Å²) in [7, 11) is 3.25. The summed E-state index contributed by atoms with van der Waals surface area (Å²) >= 11 is 0. The second-order valence-electron chi connectivity index (χ2n) is 9.82. The number of likely N-dealkylation sites (N-methyl/N-ethyl adjacent to an activating group) is 1. The SMILES string of the molecule is COc1ccc2c(c1)O[C@@H](C(=O)N(C)C1COC1)C[C@H]2NC(=O)C1(c2ccc3c(c2)OC(F)(F)O3)CC1. The Bertz CT molecular complexity index is 1260. The molecule has 0 bridgehead atoms. The number of carbonyl (C=O) groups excluding carboxylic acids is 2. The Labute approximate surface area is 211 Å². The van der Waals surface area contributed by atoms with Crippen molar-refractivity contribution in [3.8, 4) is 23.0 Å². The van der Waals surface area contributed by atoms with Gasteiger partial charge in [-0.05, 0) is 42.7 Å². The molecule has 9 nitrogen and oxygen atoms in total. The molecule has 11 heteroatoms. The van der Waals surface area contributed by atoms with E-state index in [2.05, 4.69) is 14.8 Å². The molecule has 2 atom stereocenters. The van der Waals surface area contributed by atoms with Crippen molar-refractivity contribution in [3.05, 3.63) is 47.5 Å². The highest BCUT2D eigenvalue weighted by atomic mass is 19.3. The van der Waals surface area contributed by atoms with Gasteiger partial charge in [0.25, 0.3) is 5.91 Å². The van der Waals surface area contributed by atoms with Gasteiger partial charge in [0, 0.05) is 25.1 Å². The van der Waals surface area contributed by atoms with Gasteiger partial charge in [0.05, 0.1) is 37.8 Å². The van der Waals surface area contributed by atoms with Crippen LogP contribution in [0.25, 0.3) is 0 Å². The monoisotopic (exact) mass is 516 g/mol. The minimum atomic E-state index is -3.73. The fourth-order valence-corrected chi connectivity index (χ4v) is 5.03. The molecule has 3 heterocycles. The molecule has 37 heavy (non-hydrogen) atoms. The predicted molar refractivity (Wildman–Crippen MR) is 124 cm³/mol. The second kappa shape index (κ2) is 8.47. The number of ether oxygens (including phenoxy) is 5. The number of carbonyl (C=O) groups is 2. The lowest BCUT2D eigenvalue weighted by Crippen LogP contribution is -2.54. The van der Waals surface area contributed by atoms with Crippen LogP contribution in [0.1, 0.15) is 36.4 Å². The summed E-state index contributed by atoms with van der Waals surface area (Å²) in [6.07, 6.45) is -3.18. The largest absolute Gasteiger partial charge is 0.586 e. The zero-order valence-corrected chi connectivity index (χ0v) is 20.3. The van der Waals surface area contributed by atoms with Crippen LogP contribution in [-0.4, -0.2) is 62.5 Å². The molecule has 2 aromatic carbocycles. The quantitative estimate of drug-likeness (QED) is 0.631. The predicted octanol–water partition coefficient (Wildman–Crippen LogP) is 2.91. The van der Waals surface area contributed by atoms with E-state index in [1.807, 2.05) is 6.07 Å². The number of halogens is 2. The number of hydrogen-bond donors (Lipinski definition) is 1. The van der Waals surface area contributed by atoms with E-state index in [0.29, 0.717) is 43.1 Å². The third kappa shape index (κ3) is 4.11. The number of benzene rings is 2. The van der Waals surface area contributed by atoms with Crippen molar-refractivity contribution in [1.82, 2.24) is 10.2 Å². The molecule has 0 unspecified atom stereocenters. The van der Waals surface area contributed by atoms with E-state index in [1.165, 1.54) is 19.2 Å². The first kappa shape index (κ1) is 23.8. The highest BCUT2D eigenvalue weighted by Gasteiger charge is 2.53. The lowest BCUT2D eigenvalue weighted by Gasteiger charge is -2.39. The van der Waals surface area contributed by atoms with Crippen LogP contribution in [0.5, 0.6) is 23.0 Å². The molecule has 0 aromatic heterocycles. The van der Waals surface area contributed by atoms with Gasteiger partial charge in [-0.15, -0.1) is 8.78 Å². The van der Waals surface area contributed by atoms with Gasteiger partial charge < -0.3 is 33.9 Å². The van der Waals surface area contributed by atoms with Crippen LogP contribution in [0.3, 0.4) is 0 Å². The van der Waals surface area contributed by atoms with Gasteiger partial charge in [0.1, 0.15) is 11.5 Å². The molecule has 0 spiro atoms. The molecule has 6 rings (SSSR count). The van der Waals surface area contributed by atoms with E-state index in [0.717, 1.165) is 5.56 Å². The average molecular weight is 516 g/mol. The molecule has 2 fully saturated rings. The molecular formula is C26H26F2N2O7. The molecular weight excluding hydrogens is 490 g/mol. The summed E-state index contributed by atoms with van der Waals surface area (Å²) in [5.41, 5.74) is 0.430. The normalized spacial score (nSPS) is 24.2. The summed E-state index contributed by atoms with van der Waals surface area (Å²) in [5.74, 6) is 0.409. The maximum atomic E-state index is 13.6. The van der Waals surface area contributed by atoms with E-state index in [-0.39, 0.29) is 35.8 Å². The number of amides is 2. The maximum Gasteiger partial charge on any atom is 0.586 e. The Hall–Kier alpha value is -3.60. The second-order valence-corrected chi connectivity index (χ2v) is 9.82. The van der Waals surface area contributed by atoms with Crippen LogP contribution in [0, 0.1) is 0 Å². The van der Waals surface area contributed by atoms with Crippen molar-refractivity contribution in [2.24, 2.45) is 0 Å². The van der Waals surface area contributed by atoms with Crippen LogP contribution < -0.4 is 24.3 Å². The Kier molecular flexibility index (Phi) is 5.45. The Balaban J connectivity index is 1.25. The molecule has 4 aliphatic rings. The standard InChI is InChI=1S/C26H26F2N2O7/c1-30(15-12-34-13-15)23(31)22-11-18(17-5-4-16(33-2)10-20(17)35-22)29-24(32)25(7-8-25)14-3-6-19-21(9-14)37-26(27,28)36-19/h3-6,9-10,15,18,22H,7-8,11-13H2,1-2H3,(H,29,32)/t18-,22-/m1/s1. The molecule has 2 amide bonds. The fraction of sp³-hybridized carbons (Fsp3) is 0.462. The summed E-state index contributed by atoms with van der Waals surface area (Å²) < 4.78 is 52.7. The number of alkyl halides is 2. The number of methoxy groups -OCH3 is 1.